The van der Waals surface area contributed by atoms with Crippen LogP contribution in [-0.4, -0.2) is 46.6 Å². The zero-order valence-corrected chi connectivity index (χ0v) is 14.8. The van der Waals surface area contributed by atoms with Gasteiger partial charge < -0.3 is 9.64 Å². The average Bonchev–Trinajstić information content (AvgIpc) is 2.53. The molecule has 0 aromatic carbocycles. The first-order valence-electron chi connectivity index (χ1n) is 8.43. The van der Waals surface area contributed by atoms with Crippen molar-refractivity contribution in [3.63, 3.8) is 0 Å². The Morgan fingerprint density at radius 2 is 1.96 bits per heavy atom. The molecule has 0 bridgehead atoms. The zero-order valence-electron chi connectivity index (χ0n) is 14.8. The second kappa shape index (κ2) is 8.08. The highest BCUT2D eigenvalue weighted by atomic mass is 16.5. The van der Waals surface area contributed by atoms with Gasteiger partial charge in [0.15, 0.2) is 5.82 Å². The number of nitrogens with zero attached hydrogens (tertiary/aromatic N) is 3. The topological polar surface area (TPSA) is 84.4 Å². The number of aromatic nitrogens is 2. The lowest BCUT2D eigenvalue weighted by Crippen LogP contribution is -2.49. The number of amides is 2. The molecule has 1 aliphatic rings. The number of nitrogens with one attached hydrogen (secondary N) is 1. The number of rotatable bonds is 5. The Labute approximate surface area is 142 Å². The third-order valence-corrected chi connectivity index (χ3v) is 4.07. The summed E-state index contributed by atoms with van der Waals surface area (Å²) in [5, 5.41) is 10.6. The summed E-state index contributed by atoms with van der Waals surface area (Å²) in [5.74, 6) is 1.32. The van der Waals surface area contributed by atoms with Gasteiger partial charge in [-0.1, -0.05) is 27.7 Å². The van der Waals surface area contributed by atoms with Gasteiger partial charge in [0.05, 0.1) is 6.61 Å². The first-order chi connectivity index (χ1) is 11.4. The summed E-state index contributed by atoms with van der Waals surface area (Å²) < 4.78 is 5.50. The fourth-order valence-electron chi connectivity index (χ4n) is 2.62. The van der Waals surface area contributed by atoms with E-state index in [9.17, 15) is 9.59 Å². The molecule has 2 heterocycles. The van der Waals surface area contributed by atoms with E-state index in [1.54, 1.807) is 17.0 Å². The summed E-state index contributed by atoms with van der Waals surface area (Å²) in [6.07, 6.45) is 0.949. The van der Waals surface area contributed by atoms with Crippen LogP contribution >= 0.6 is 0 Å². The Balaban J connectivity index is 1.86. The van der Waals surface area contributed by atoms with Gasteiger partial charge in [-0.2, -0.15) is 0 Å². The smallest absolute Gasteiger partial charge is 0.323 e. The molecule has 7 nitrogen and oxygen atoms in total. The molecule has 0 spiro atoms. The first-order valence-corrected chi connectivity index (χ1v) is 8.43. The lowest BCUT2D eigenvalue weighted by atomic mass is 9.90. The maximum atomic E-state index is 12.3. The van der Waals surface area contributed by atoms with E-state index < -0.39 is 0 Å². The van der Waals surface area contributed by atoms with E-state index in [1.807, 2.05) is 13.8 Å². The third-order valence-electron chi connectivity index (χ3n) is 4.07. The van der Waals surface area contributed by atoms with Gasteiger partial charge >= 0.3 is 6.03 Å². The quantitative estimate of drug-likeness (QED) is 0.894. The average molecular weight is 334 g/mol. The van der Waals surface area contributed by atoms with Gasteiger partial charge in [-0.3, -0.25) is 10.1 Å². The van der Waals surface area contributed by atoms with E-state index in [4.69, 9.17) is 4.74 Å². The van der Waals surface area contributed by atoms with Crippen molar-refractivity contribution in [3.05, 3.63) is 12.1 Å². The first kappa shape index (κ1) is 18.2. The van der Waals surface area contributed by atoms with Crippen LogP contribution in [0.5, 0.6) is 5.88 Å². The van der Waals surface area contributed by atoms with Gasteiger partial charge in [0.25, 0.3) is 0 Å². The SMILES string of the molecule is CC(C)CCOc1ccc(NC(=O)N2C[C@@H](C)C(=O)[C@H](C)C2)nn1. The lowest BCUT2D eigenvalue weighted by Gasteiger charge is -2.33. The molecule has 0 aliphatic carbocycles. The van der Waals surface area contributed by atoms with Crippen molar-refractivity contribution in [1.29, 1.82) is 0 Å². The number of piperidine rings is 1. The molecule has 7 heteroatoms. The standard InChI is InChI=1S/C17H26N4O3/c1-11(2)7-8-24-15-6-5-14(19-20-15)18-17(23)21-9-12(3)16(22)13(4)10-21/h5-6,11-13H,7-10H2,1-4H3,(H,18,19,23)/t12-,13-/m1/s1. The molecule has 24 heavy (non-hydrogen) atoms. The van der Waals surface area contributed by atoms with Gasteiger partial charge in [0, 0.05) is 31.0 Å². The van der Waals surface area contributed by atoms with Crippen LogP contribution in [0.3, 0.4) is 0 Å². The van der Waals surface area contributed by atoms with E-state index in [0.29, 0.717) is 37.3 Å². The maximum Gasteiger partial charge on any atom is 0.323 e. The van der Waals surface area contributed by atoms with Crippen molar-refractivity contribution in [1.82, 2.24) is 15.1 Å². The highest BCUT2D eigenvalue weighted by molar-refractivity contribution is 5.91. The van der Waals surface area contributed by atoms with Crippen molar-refractivity contribution in [3.8, 4) is 5.88 Å². The number of urea groups is 1. The third kappa shape index (κ3) is 4.91. The van der Waals surface area contributed by atoms with Crippen molar-refractivity contribution in [2.75, 3.05) is 25.0 Å². The van der Waals surface area contributed by atoms with Crippen molar-refractivity contribution < 1.29 is 14.3 Å². The predicted octanol–water partition coefficient (Wildman–Crippen LogP) is 2.59. The molecule has 0 unspecified atom stereocenters. The van der Waals surface area contributed by atoms with Gasteiger partial charge in [0.1, 0.15) is 5.78 Å². The molecular formula is C17H26N4O3. The van der Waals surface area contributed by atoms with Gasteiger partial charge in [-0.15, -0.1) is 10.2 Å². The second-order valence-corrected chi connectivity index (χ2v) is 6.83. The number of Topliss-reactive ketones (excluding diaryl/α,β-unsaturated/α-hetero) is 1. The summed E-state index contributed by atoms with van der Waals surface area (Å²) in [6, 6.07) is 3.09. The molecule has 1 saturated heterocycles. The molecule has 1 aliphatic heterocycles. The van der Waals surface area contributed by atoms with E-state index >= 15 is 0 Å². The molecule has 0 saturated carbocycles. The zero-order chi connectivity index (χ0) is 17.7. The van der Waals surface area contributed by atoms with Crippen molar-refractivity contribution >= 4 is 17.6 Å². The molecular weight excluding hydrogens is 308 g/mol. The van der Waals surface area contributed by atoms with Crippen LogP contribution in [0.25, 0.3) is 0 Å². The Morgan fingerprint density at radius 1 is 1.29 bits per heavy atom. The highest BCUT2D eigenvalue weighted by Gasteiger charge is 2.32. The molecule has 0 radical (unpaired) electrons. The number of ether oxygens (including phenoxy) is 1. The Bertz CT molecular complexity index is 560. The van der Waals surface area contributed by atoms with Crippen LogP contribution in [-0.2, 0) is 4.79 Å². The number of anilines is 1. The van der Waals surface area contributed by atoms with E-state index in [2.05, 4.69) is 29.4 Å². The predicted molar refractivity (Wildman–Crippen MR) is 90.9 cm³/mol. The van der Waals surface area contributed by atoms with E-state index in [-0.39, 0.29) is 23.7 Å². The molecule has 1 aromatic heterocycles. The molecule has 2 atom stereocenters. The largest absolute Gasteiger partial charge is 0.477 e. The summed E-state index contributed by atoms with van der Waals surface area (Å²) >= 11 is 0. The van der Waals surface area contributed by atoms with Crippen molar-refractivity contribution in [2.45, 2.75) is 34.1 Å². The Hall–Kier alpha value is -2.18. The molecule has 1 N–H and O–H groups in total. The molecule has 2 rings (SSSR count). The molecule has 2 amide bonds. The fraction of sp³-hybridized carbons (Fsp3) is 0.647. The Morgan fingerprint density at radius 3 is 2.50 bits per heavy atom. The number of carbonyl (C=O) groups is 2. The molecule has 132 valence electrons. The maximum absolute atomic E-state index is 12.3. The number of carbonyl (C=O) groups excluding carboxylic acids is 2. The monoisotopic (exact) mass is 334 g/mol. The second-order valence-electron chi connectivity index (χ2n) is 6.83. The van der Waals surface area contributed by atoms with E-state index in [0.717, 1.165) is 6.42 Å². The Kier molecular flexibility index (Phi) is 6.11. The highest BCUT2D eigenvalue weighted by Crippen LogP contribution is 2.18. The van der Waals surface area contributed by atoms with Crippen molar-refractivity contribution in [2.24, 2.45) is 17.8 Å². The van der Waals surface area contributed by atoms with Crippen LogP contribution in [0.1, 0.15) is 34.1 Å². The summed E-state index contributed by atoms with van der Waals surface area (Å²) in [4.78, 5) is 25.8. The molecule has 1 fully saturated rings. The van der Waals surface area contributed by atoms with E-state index in [1.165, 1.54) is 0 Å². The van der Waals surface area contributed by atoms with Crippen LogP contribution in [0.15, 0.2) is 12.1 Å². The van der Waals surface area contributed by atoms with Gasteiger partial charge in [-0.05, 0) is 18.4 Å². The number of hydrogen-bond donors (Lipinski definition) is 1. The summed E-state index contributed by atoms with van der Waals surface area (Å²) in [7, 11) is 0. The summed E-state index contributed by atoms with van der Waals surface area (Å²) in [6.45, 7) is 9.41. The van der Waals surface area contributed by atoms with Crippen LogP contribution in [0.4, 0.5) is 10.6 Å². The lowest BCUT2D eigenvalue weighted by molar-refractivity contribution is -0.128. The molecule has 1 aromatic rings. The van der Waals surface area contributed by atoms with Crippen LogP contribution in [0, 0.1) is 17.8 Å². The minimum absolute atomic E-state index is 0.137. The number of ketones is 1. The van der Waals surface area contributed by atoms with Crippen LogP contribution < -0.4 is 10.1 Å². The fourth-order valence-corrected chi connectivity index (χ4v) is 2.62. The minimum Gasteiger partial charge on any atom is -0.477 e. The minimum atomic E-state index is -0.260. The number of hydrogen-bond acceptors (Lipinski definition) is 5. The van der Waals surface area contributed by atoms with Gasteiger partial charge in [0.2, 0.25) is 5.88 Å². The van der Waals surface area contributed by atoms with Crippen LogP contribution in [0.2, 0.25) is 0 Å². The summed E-state index contributed by atoms with van der Waals surface area (Å²) in [5.41, 5.74) is 0. The number of likely N-dealkylation sites (tertiary alicyclic amines) is 1. The normalized spacial score (nSPS) is 21.0. The van der Waals surface area contributed by atoms with Gasteiger partial charge in [-0.25, -0.2) is 4.79 Å².